The van der Waals surface area contributed by atoms with Gasteiger partial charge in [0.15, 0.2) is 5.78 Å². The highest BCUT2D eigenvalue weighted by molar-refractivity contribution is 7.20. The Morgan fingerprint density at radius 3 is 2.52 bits per heavy atom. The Morgan fingerprint density at radius 1 is 1.15 bits per heavy atom. The van der Waals surface area contributed by atoms with Crippen molar-refractivity contribution >= 4 is 34.0 Å². The Hall–Kier alpha value is -3.58. The van der Waals surface area contributed by atoms with Crippen molar-refractivity contribution in [3.8, 4) is 16.5 Å². The van der Waals surface area contributed by atoms with Gasteiger partial charge in [0.25, 0.3) is 0 Å². The van der Waals surface area contributed by atoms with Gasteiger partial charge in [0.1, 0.15) is 34.1 Å². The fourth-order valence-corrected chi connectivity index (χ4v) is 8.22. The van der Waals surface area contributed by atoms with Gasteiger partial charge in [-0.1, -0.05) is 18.2 Å². The van der Waals surface area contributed by atoms with Crippen molar-refractivity contribution in [2.45, 2.75) is 64.2 Å². The van der Waals surface area contributed by atoms with E-state index in [0.717, 1.165) is 24.0 Å². The van der Waals surface area contributed by atoms with Crippen LogP contribution in [0.3, 0.4) is 0 Å². The predicted molar refractivity (Wildman–Crippen MR) is 171 cm³/mol. The number of hydrogen-bond donors (Lipinski definition) is 0. The second kappa shape index (κ2) is 12.9. The first-order valence-corrected chi connectivity index (χ1v) is 16.5. The normalized spacial score (nSPS) is 19.7. The van der Waals surface area contributed by atoms with Gasteiger partial charge in [-0.05, 0) is 58.1 Å². The molecule has 0 bridgehead atoms. The molecule has 6 rings (SSSR count). The molecule has 2 aromatic heterocycles. The topological polar surface area (TPSA) is 121 Å². The van der Waals surface area contributed by atoms with Crippen LogP contribution in [0.4, 0.5) is 5.00 Å². The van der Waals surface area contributed by atoms with Gasteiger partial charge in [-0.3, -0.25) is 24.2 Å². The zero-order valence-corrected chi connectivity index (χ0v) is 27.8. The molecule has 12 heteroatoms. The van der Waals surface area contributed by atoms with Gasteiger partial charge >= 0.3 is 5.97 Å². The van der Waals surface area contributed by atoms with Crippen LogP contribution in [-0.4, -0.2) is 86.3 Å². The van der Waals surface area contributed by atoms with Gasteiger partial charge in [-0.2, -0.15) is 0 Å². The van der Waals surface area contributed by atoms with Crippen molar-refractivity contribution in [1.82, 2.24) is 9.88 Å². The van der Waals surface area contributed by atoms with Gasteiger partial charge in [0, 0.05) is 31.9 Å². The highest BCUT2D eigenvalue weighted by Gasteiger charge is 2.57. The van der Waals surface area contributed by atoms with Crippen molar-refractivity contribution in [2.24, 2.45) is 5.41 Å². The van der Waals surface area contributed by atoms with E-state index in [1.165, 1.54) is 24.7 Å². The van der Waals surface area contributed by atoms with Crippen molar-refractivity contribution in [3.05, 3.63) is 53.4 Å². The maximum Gasteiger partial charge on any atom is 0.325 e. The van der Waals surface area contributed by atoms with Crippen molar-refractivity contribution in [3.63, 3.8) is 0 Å². The van der Waals surface area contributed by atoms with Gasteiger partial charge in [0.2, 0.25) is 11.8 Å². The summed E-state index contributed by atoms with van der Waals surface area (Å²) >= 11 is 1.34. The highest BCUT2D eigenvalue weighted by Crippen LogP contribution is 2.52. The summed E-state index contributed by atoms with van der Waals surface area (Å²) in [4.78, 5) is 50.9. The average Bonchev–Trinajstić information content (AvgIpc) is 3.73. The van der Waals surface area contributed by atoms with Gasteiger partial charge < -0.3 is 23.4 Å². The van der Waals surface area contributed by atoms with Crippen LogP contribution in [0.1, 0.15) is 67.1 Å². The van der Waals surface area contributed by atoms with E-state index in [4.69, 9.17) is 23.4 Å². The van der Waals surface area contributed by atoms with Crippen LogP contribution in [0.2, 0.25) is 0 Å². The molecule has 3 aliphatic heterocycles. The number of thiophene rings is 1. The van der Waals surface area contributed by atoms with Gasteiger partial charge in [0.05, 0.1) is 43.5 Å². The fourth-order valence-electron chi connectivity index (χ4n) is 6.97. The Kier molecular flexibility index (Phi) is 9.08. The number of oxazole rings is 1. The number of ketones is 1. The molecule has 0 unspecified atom stereocenters. The van der Waals surface area contributed by atoms with Gasteiger partial charge in [-0.15, -0.1) is 11.3 Å². The molecule has 2 saturated heterocycles. The summed E-state index contributed by atoms with van der Waals surface area (Å²) in [6, 6.07) is 7.69. The number of ether oxygens (including phenoxy) is 4. The number of benzene rings is 1. The number of fused-ring (bicyclic) bond motifs is 1. The monoisotopic (exact) mass is 651 g/mol. The number of methoxy groups -OCH3 is 2. The Bertz CT molecular complexity index is 1590. The second-order valence-corrected chi connectivity index (χ2v) is 13.6. The zero-order valence-electron chi connectivity index (χ0n) is 27.0. The molecule has 0 radical (unpaired) electrons. The third-order valence-electron chi connectivity index (χ3n) is 9.77. The lowest BCUT2D eigenvalue weighted by molar-refractivity contribution is -0.154. The standard InChI is InChI=1S/C34H41N3O8S/c1-21-26-28(38)34(12-15-36(16-13-34)33(2,3)32(40)42-5)31(39)37(30(26)46-27(21)29-35-14-19-44-29)20-25(45-22-10-17-43-18-11-22)23-8-6-7-9-24(23)41-4/h6-9,14,19,22,25H,10-13,15-18,20H2,1-5H3/t25-/m0/s1. The number of rotatable bonds is 9. The fraction of sp³-hybridized carbons (Fsp3) is 0.529. The van der Waals surface area contributed by atoms with E-state index in [0.29, 0.717) is 53.4 Å². The summed E-state index contributed by atoms with van der Waals surface area (Å²) < 4.78 is 28.8. The minimum atomic E-state index is -1.29. The SMILES string of the molecule is COC(=O)C(C)(C)N1CCC2(CC1)C(=O)c1c(sc(-c3ncco3)c1C)N(C[C@H](OC1CCOCC1)c1ccccc1OC)C2=O. The molecule has 46 heavy (non-hydrogen) atoms. The number of esters is 1. The zero-order chi connectivity index (χ0) is 32.6. The summed E-state index contributed by atoms with van der Waals surface area (Å²) in [5.74, 6) is 0.265. The average molecular weight is 652 g/mol. The van der Waals surface area contributed by atoms with Crippen LogP contribution in [0.5, 0.6) is 5.75 Å². The summed E-state index contributed by atoms with van der Waals surface area (Å²) in [6.45, 7) is 7.67. The van der Waals surface area contributed by atoms with E-state index in [1.54, 1.807) is 18.2 Å². The molecule has 3 aliphatic rings. The third-order valence-corrected chi connectivity index (χ3v) is 11.1. The number of para-hydroxylation sites is 1. The Balaban J connectivity index is 1.42. The number of Topliss-reactive ketones (excluding diaryl/α,β-unsaturated/α-hetero) is 1. The maximum atomic E-state index is 14.9. The molecule has 3 aromatic rings. The molecule has 1 aromatic carbocycles. The lowest BCUT2D eigenvalue weighted by Gasteiger charge is -2.48. The summed E-state index contributed by atoms with van der Waals surface area (Å²) in [6.07, 6.45) is 4.49. The molecule has 0 aliphatic carbocycles. The quantitative estimate of drug-likeness (QED) is 0.225. The van der Waals surface area contributed by atoms with Crippen molar-refractivity contribution in [1.29, 1.82) is 0 Å². The van der Waals surface area contributed by atoms with Crippen LogP contribution in [0.15, 0.2) is 41.1 Å². The molecular weight excluding hydrogens is 610 g/mol. The number of aromatic nitrogens is 1. The molecule has 0 N–H and O–H groups in total. The molecule has 246 valence electrons. The molecule has 1 spiro atoms. The first-order chi connectivity index (χ1) is 22.1. The maximum absolute atomic E-state index is 14.9. The first-order valence-electron chi connectivity index (χ1n) is 15.7. The number of amides is 1. The van der Waals surface area contributed by atoms with E-state index in [9.17, 15) is 14.4 Å². The van der Waals surface area contributed by atoms with E-state index in [2.05, 4.69) is 4.98 Å². The number of nitrogens with zero attached hydrogens (tertiary/aromatic N) is 3. The third kappa shape index (κ3) is 5.55. The lowest BCUT2D eigenvalue weighted by atomic mass is 9.69. The molecular formula is C34H41N3O8S. The second-order valence-electron chi connectivity index (χ2n) is 12.6. The number of hydrogen-bond acceptors (Lipinski definition) is 11. The van der Waals surface area contributed by atoms with E-state index in [1.807, 2.05) is 49.9 Å². The van der Waals surface area contributed by atoms with Crippen LogP contribution in [0.25, 0.3) is 10.8 Å². The summed E-state index contributed by atoms with van der Waals surface area (Å²) in [7, 11) is 2.99. The van der Waals surface area contributed by atoms with E-state index < -0.39 is 17.1 Å². The minimum Gasteiger partial charge on any atom is -0.496 e. The number of piperidine rings is 1. The minimum absolute atomic E-state index is 0.0599. The molecule has 1 amide bonds. The molecule has 0 saturated carbocycles. The van der Waals surface area contributed by atoms with Crippen LogP contribution in [0, 0.1) is 12.3 Å². The van der Waals surface area contributed by atoms with Crippen LogP contribution >= 0.6 is 11.3 Å². The first kappa shape index (κ1) is 32.4. The largest absolute Gasteiger partial charge is 0.496 e. The van der Waals surface area contributed by atoms with Crippen LogP contribution in [-0.2, 0) is 23.8 Å². The molecule has 2 fully saturated rings. The predicted octanol–water partition coefficient (Wildman–Crippen LogP) is 5.22. The van der Waals surface area contributed by atoms with Crippen molar-refractivity contribution < 1.29 is 37.7 Å². The van der Waals surface area contributed by atoms with E-state index in [-0.39, 0.29) is 43.2 Å². The number of carbonyl (C=O) groups is 3. The van der Waals surface area contributed by atoms with E-state index >= 15 is 0 Å². The van der Waals surface area contributed by atoms with Crippen molar-refractivity contribution in [2.75, 3.05) is 52.0 Å². The lowest BCUT2D eigenvalue weighted by Crippen LogP contribution is -2.61. The molecule has 11 nitrogen and oxygen atoms in total. The summed E-state index contributed by atoms with van der Waals surface area (Å²) in [5.41, 5.74) is -0.110. The highest BCUT2D eigenvalue weighted by atomic mass is 32.1. The van der Waals surface area contributed by atoms with Gasteiger partial charge in [-0.25, -0.2) is 4.98 Å². The Labute approximate surface area is 272 Å². The Morgan fingerprint density at radius 2 is 1.87 bits per heavy atom. The number of likely N-dealkylation sites (tertiary alicyclic amines) is 1. The molecule has 5 heterocycles. The molecule has 1 atom stereocenters. The summed E-state index contributed by atoms with van der Waals surface area (Å²) in [5, 5.41) is 0.569. The van der Waals surface area contributed by atoms with Crippen LogP contribution < -0.4 is 9.64 Å². The number of anilines is 1. The number of carbonyl (C=O) groups excluding carboxylic acids is 3. The smallest absolute Gasteiger partial charge is 0.325 e.